The number of nitrogens with zero attached hydrogens (tertiary/aromatic N) is 1. The van der Waals surface area contributed by atoms with Crippen LogP contribution in [0, 0.1) is 0 Å². The number of aromatic nitrogens is 1. The number of hydrogen-bond acceptors (Lipinski definition) is 3. The Morgan fingerprint density at radius 3 is 2.65 bits per heavy atom. The number of hydrogen-bond donors (Lipinski definition) is 3. The zero-order valence-corrected chi connectivity index (χ0v) is 13.5. The summed E-state index contributed by atoms with van der Waals surface area (Å²) in [5.74, 6) is -1.74. The Bertz CT molecular complexity index is 818. The third-order valence-electron chi connectivity index (χ3n) is 4.26. The molecule has 1 amide bonds. The molecular weight excluding hydrogens is 351 g/mol. The first kappa shape index (κ1) is 17.8. The minimum Gasteiger partial charge on any atom is -0.478 e. The molecule has 0 bridgehead atoms. The fourth-order valence-electron chi connectivity index (χ4n) is 3.00. The van der Waals surface area contributed by atoms with Gasteiger partial charge >= 0.3 is 12.1 Å². The van der Waals surface area contributed by atoms with Crippen molar-refractivity contribution in [2.24, 2.45) is 0 Å². The quantitative estimate of drug-likeness (QED) is 0.776. The predicted octanol–water partition coefficient (Wildman–Crippen LogP) is 2.74. The third kappa shape index (κ3) is 3.66. The molecule has 1 saturated heterocycles. The van der Waals surface area contributed by atoms with Gasteiger partial charge in [0.2, 0.25) is 0 Å². The second-order valence-electron chi connectivity index (χ2n) is 6.02. The molecule has 9 heteroatoms. The molecule has 3 N–H and O–H groups in total. The second-order valence-corrected chi connectivity index (χ2v) is 6.02. The van der Waals surface area contributed by atoms with E-state index in [1.165, 1.54) is 11.0 Å². The molecule has 1 aliphatic rings. The van der Waals surface area contributed by atoms with Crippen LogP contribution in [0.1, 0.15) is 32.8 Å². The van der Waals surface area contributed by atoms with E-state index in [1.54, 1.807) is 18.3 Å². The fourth-order valence-corrected chi connectivity index (χ4v) is 3.00. The minimum atomic E-state index is -4.67. The molecule has 1 aromatic carbocycles. The van der Waals surface area contributed by atoms with Crippen molar-refractivity contribution in [3.63, 3.8) is 0 Å². The van der Waals surface area contributed by atoms with Crippen LogP contribution < -0.4 is 10.2 Å². The summed E-state index contributed by atoms with van der Waals surface area (Å²) in [5, 5.41) is 11.7. The van der Waals surface area contributed by atoms with Crippen molar-refractivity contribution in [2.45, 2.75) is 18.6 Å². The number of carboxylic acids is 1. The fraction of sp³-hybridized carbons (Fsp3) is 0.294. The summed E-state index contributed by atoms with van der Waals surface area (Å²) in [5.41, 5.74) is -1.12. The Balaban J connectivity index is 1.78. The molecule has 1 aliphatic heterocycles. The van der Waals surface area contributed by atoms with E-state index in [2.05, 4.69) is 10.3 Å². The lowest BCUT2D eigenvalue weighted by Crippen LogP contribution is -2.37. The highest BCUT2D eigenvalue weighted by Crippen LogP contribution is 2.38. The molecule has 0 saturated carbocycles. The summed E-state index contributed by atoms with van der Waals surface area (Å²) in [6.45, 7) is 0.535. The standard InChI is InChI=1S/C17H16F3N3O3/c18-17(19,20)12-8-10(16(25)26)3-4-14(12)23-7-5-11(9-23)22-15(24)13-2-1-6-21-13/h1-4,6,8,11,21H,5,7,9H2,(H,22,24)(H,25,26). The molecule has 1 unspecified atom stereocenters. The summed E-state index contributed by atoms with van der Waals surface area (Å²) >= 11 is 0. The van der Waals surface area contributed by atoms with Crippen LogP contribution in [0.3, 0.4) is 0 Å². The van der Waals surface area contributed by atoms with Crippen LogP contribution in [0.2, 0.25) is 0 Å². The Hall–Kier alpha value is -2.97. The Kier molecular flexibility index (Phi) is 4.62. The molecule has 1 atom stereocenters. The van der Waals surface area contributed by atoms with Crippen molar-refractivity contribution in [3.8, 4) is 0 Å². The van der Waals surface area contributed by atoms with Crippen LogP contribution in [0.5, 0.6) is 0 Å². The summed E-state index contributed by atoms with van der Waals surface area (Å²) in [4.78, 5) is 27.3. The van der Waals surface area contributed by atoms with Crippen LogP contribution in [-0.4, -0.2) is 41.1 Å². The molecule has 0 aliphatic carbocycles. The molecule has 1 aromatic heterocycles. The summed E-state index contributed by atoms with van der Waals surface area (Å²) < 4.78 is 40.0. The summed E-state index contributed by atoms with van der Waals surface area (Å²) in [6, 6.07) is 5.94. The molecule has 0 radical (unpaired) electrons. The maximum Gasteiger partial charge on any atom is 0.418 e. The van der Waals surface area contributed by atoms with Gasteiger partial charge in [0.1, 0.15) is 5.69 Å². The zero-order chi connectivity index (χ0) is 18.9. The van der Waals surface area contributed by atoms with Crippen LogP contribution in [0.15, 0.2) is 36.5 Å². The lowest BCUT2D eigenvalue weighted by molar-refractivity contribution is -0.137. The van der Waals surface area contributed by atoms with Crippen molar-refractivity contribution in [2.75, 3.05) is 18.0 Å². The number of benzene rings is 1. The molecule has 0 spiro atoms. The van der Waals surface area contributed by atoms with Gasteiger partial charge < -0.3 is 20.3 Å². The third-order valence-corrected chi connectivity index (χ3v) is 4.26. The highest BCUT2D eigenvalue weighted by atomic mass is 19.4. The van der Waals surface area contributed by atoms with E-state index in [9.17, 15) is 22.8 Å². The van der Waals surface area contributed by atoms with Gasteiger partial charge in [-0.3, -0.25) is 4.79 Å². The number of rotatable bonds is 4. The number of aromatic carboxylic acids is 1. The largest absolute Gasteiger partial charge is 0.478 e. The number of carbonyl (C=O) groups excluding carboxylic acids is 1. The van der Waals surface area contributed by atoms with Gasteiger partial charge in [0, 0.05) is 31.0 Å². The number of amides is 1. The molecular formula is C17H16F3N3O3. The van der Waals surface area contributed by atoms with Crippen LogP contribution in [0.4, 0.5) is 18.9 Å². The van der Waals surface area contributed by atoms with Crippen molar-refractivity contribution < 1.29 is 27.9 Å². The number of carboxylic acid groups (broad SMARTS) is 1. The van der Waals surface area contributed by atoms with Crippen LogP contribution in [-0.2, 0) is 6.18 Å². The van der Waals surface area contributed by atoms with Crippen molar-refractivity contribution in [1.29, 1.82) is 0 Å². The first-order valence-corrected chi connectivity index (χ1v) is 7.89. The Morgan fingerprint density at radius 1 is 1.27 bits per heavy atom. The number of anilines is 1. The normalized spacial score (nSPS) is 17.3. The highest BCUT2D eigenvalue weighted by Gasteiger charge is 2.37. The Labute approximate surface area is 146 Å². The van der Waals surface area contributed by atoms with Gasteiger partial charge in [-0.05, 0) is 36.8 Å². The first-order valence-electron chi connectivity index (χ1n) is 7.89. The summed E-state index contributed by atoms with van der Waals surface area (Å²) in [6.07, 6.45) is -2.58. The molecule has 6 nitrogen and oxygen atoms in total. The predicted molar refractivity (Wildman–Crippen MR) is 87.3 cm³/mol. The van der Waals surface area contributed by atoms with Gasteiger partial charge in [-0.2, -0.15) is 13.2 Å². The van der Waals surface area contributed by atoms with E-state index in [0.29, 0.717) is 24.7 Å². The smallest absolute Gasteiger partial charge is 0.418 e. The topological polar surface area (TPSA) is 85.4 Å². The van der Waals surface area contributed by atoms with Gasteiger partial charge in [0.15, 0.2) is 0 Å². The second kappa shape index (κ2) is 6.74. The molecule has 2 aromatic rings. The van der Waals surface area contributed by atoms with Gasteiger partial charge in [0.05, 0.1) is 11.1 Å². The molecule has 3 rings (SSSR count). The molecule has 138 valence electrons. The van der Waals surface area contributed by atoms with E-state index < -0.39 is 23.3 Å². The SMILES string of the molecule is O=C(O)c1ccc(N2CCC(NC(=O)c3ccc[nH]3)C2)c(C(F)(F)F)c1. The number of nitrogens with one attached hydrogen (secondary N) is 2. The summed E-state index contributed by atoms with van der Waals surface area (Å²) in [7, 11) is 0. The molecule has 2 heterocycles. The van der Waals surface area contributed by atoms with E-state index >= 15 is 0 Å². The Morgan fingerprint density at radius 2 is 2.04 bits per heavy atom. The monoisotopic (exact) mass is 367 g/mol. The van der Waals surface area contributed by atoms with E-state index in [4.69, 9.17) is 5.11 Å². The van der Waals surface area contributed by atoms with E-state index in [0.717, 1.165) is 6.07 Å². The van der Waals surface area contributed by atoms with Crippen molar-refractivity contribution >= 4 is 17.6 Å². The number of aromatic amines is 1. The number of halogens is 3. The average Bonchev–Trinajstić information content (AvgIpc) is 3.25. The van der Waals surface area contributed by atoms with Gasteiger partial charge in [-0.1, -0.05) is 0 Å². The molecule has 1 fully saturated rings. The average molecular weight is 367 g/mol. The number of H-pyrrole nitrogens is 1. The van der Waals surface area contributed by atoms with Gasteiger partial charge in [-0.25, -0.2) is 4.79 Å². The van der Waals surface area contributed by atoms with Gasteiger partial charge in [0.25, 0.3) is 5.91 Å². The van der Waals surface area contributed by atoms with Crippen LogP contribution in [0.25, 0.3) is 0 Å². The first-order chi connectivity index (χ1) is 12.3. The van der Waals surface area contributed by atoms with Crippen LogP contribution >= 0.6 is 0 Å². The van der Waals surface area contributed by atoms with Crippen molar-refractivity contribution in [3.05, 3.63) is 53.3 Å². The lowest BCUT2D eigenvalue weighted by Gasteiger charge is -2.23. The van der Waals surface area contributed by atoms with Gasteiger partial charge in [-0.15, -0.1) is 0 Å². The zero-order valence-electron chi connectivity index (χ0n) is 13.5. The maximum absolute atomic E-state index is 13.3. The minimum absolute atomic E-state index is 0.0841. The maximum atomic E-state index is 13.3. The van der Waals surface area contributed by atoms with E-state index in [-0.39, 0.29) is 24.2 Å². The number of carbonyl (C=O) groups is 2. The number of alkyl halides is 3. The van der Waals surface area contributed by atoms with E-state index in [1.807, 2.05) is 0 Å². The highest BCUT2D eigenvalue weighted by molar-refractivity contribution is 5.92. The van der Waals surface area contributed by atoms with Crippen molar-refractivity contribution in [1.82, 2.24) is 10.3 Å². The lowest BCUT2D eigenvalue weighted by atomic mass is 10.1. The molecule has 26 heavy (non-hydrogen) atoms.